The maximum atomic E-state index is 9.96. The van der Waals surface area contributed by atoms with Gasteiger partial charge in [0, 0.05) is 32.2 Å². The highest BCUT2D eigenvalue weighted by atomic mass is 16.5. The van der Waals surface area contributed by atoms with Gasteiger partial charge in [-0.2, -0.15) is 0 Å². The third-order valence-corrected chi connectivity index (χ3v) is 3.25. The highest BCUT2D eigenvalue weighted by Crippen LogP contribution is 2.16. The lowest BCUT2D eigenvalue weighted by Crippen LogP contribution is -2.43. The molecule has 96 valence electrons. The van der Waals surface area contributed by atoms with Crippen molar-refractivity contribution in [2.24, 2.45) is 11.8 Å². The van der Waals surface area contributed by atoms with Crippen LogP contribution in [-0.2, 0) is 9.47 Å². The Morgan fingerprint density at radius 2 is 2.25 bits per heavy atom. The van der Waals surface area contributed by atoms with Crippen molar-refractivity contribution in [1.82, 2.24) is 5.32 Å². The molecule has 4 heteroatoms. The van der Waals surface area contributed by atoms with Gasteiger partial charge in [0.15, 0.2) is 0 Å². The molecule has 1 heterocycles. The van der Waals surface area contributed by atoms with Gasteiger partial charge in [0.2, 0.25) is 0 Å². The largest absolute Gasteiger partial charge is 0.391 e. The van der Waals surface area contributed by atoms with Crippen LogP contribution in [0.2, 0.25) is 0 Å². The molecule has 16 heavy (non-hydrogen) atoms. The molecule has 1 fully saturated rings. The zero-order valence-electron chi connectivity index (χ0n) is 10.6. The summed E-state index contributed by atoms with van der Waals surface area (Å²) in [5.41, 5.74) is 0. The molecule has 2 N–H and O–H groups in total. The molecule has 0 aliphatic carbocycles. The summed E-state index contributed by atoms with van der Waals surface area (Å²) in [6.45, 7) is 7.10. The smallest absolute Gasteiger partial charge is 0.0715 e. The summed E-state index contributed by atoms with van der Waals surface area (Å²) in [7, 11) is 1.71. The van der Waals surface area contributed by atoms with E-state index in [1.165, 1.54) is 0 Å². The summed E-state index contributed by atoms with van der Waals surface area (Å²) >= 11 is 0. The summed E-state index contributed by atoms with van der Waals surface area (Å²) in [4.78, 5) is 0. The summed E-state index contributed by atoms with van der Waals surface area (Å²) in [5, 5.41) is 13.3. The molecule has 1 aliphatic rings. The fourth-order valence-electron chi connectivity index (χ4n) is 1.96. The molecule has 0 bridgehead atoms. The number of nitrogens with one attached hydrogen (secondary N) is 1. The molecule has 3 atom stereocenters. The second-order valence-corrected chi connectivity index (χ2v) is 4.91. The van der Waals surface area contributed by atoms with E-state index in [1.54, 1.807) is 7.11 Å². The molecule has 0 saturated carbocycles. The standard InChI is InChI=1S/C12H25NO3/c1-9(2)11(8-15-3)13-6-12(14)10-4-5-16-7-10/h9-14H,4-8H2,1-3H3. The minimum Gasteiger partial charge on any atom is -0.391 e. The maximum absolute atomic E-state index is 9.96. The molecule has 0 spiro atoms. The lowest BCUT2D eigenvalue weighted by atomic mass is 10.00. The predicted octanol–water partition coefficient (Wildman–Crippen LogP) is 0.644. The highest BCUT2D eigenvalue weighted by molar-refractivity contribution is 4.78. The molecule has 0 aromatic rings. The van der Waals surface area contributed by atoms with Gasteiger partial charge in [0.25, 0.3) is 0 Å². The first kappa shape index (κ1) is 13.9. The van der Waals surface area contributed by atoms with Crippen molar-refractivity contribution in [3.8, 4) is 0 Å². The monoisotopic (exact) mass is 231 g/mol. The summed E-state index contributed by atoms with van der Waals surface area (Å²) < 4.78 is 10.4. The van der Waals surface area contributed by atoms with Gasteiger partial charge < -0.3 is 19.9 Å². The van der Waals surface area contributed by atoms with Gasteiger partial charge in [-0.05, 0) is 12.3 Å². The molecule has 4 nitrogen and oxygen atoms in total. The molecule has 0 amide bonds. The Morgan fingerprint density at radius 1 is 1.50 bits per heavy atom. The first-order valence-corrected chi connectivity index (χ1v) is 6.13. The Morgan fingerprint density at radius 3 is 2.75 bits per heavy atom. The van der Waals surface area contributed by atoms with Crippen LogP contribution in [0, 0.1) is 11.8 Å². The van der Waals surface area contributed by atoms with Gasteiger partial charge in [-0.25, -0.2) is 0 Å². The number of hydrogen-bond donors (Lipinski definition) is 2. The Bertz CT molecular complexity index is 181. The van der Waals surface area contributed by atoms with Crippen LogP contribution in [0.15, 0.2) is 0 Å². The zero-order valence-corrected chi connectivity index (χ0v) is 10.6. The average molecular weight is 231 g/mol. The van der Waals surface area contributed by atoms with Crippen molar-refractivity contribution in [3.05, 3.63) is 0 Å². The number of ether oxygens (including phenoxy) is 2. The maximum Gasteiger partial charge on any atom is 0.0715 e. The van der Waals surface area contributed by atoms with Crippen molar-refractivity contribution in [2.75, 3.05) is 33.5 Å². The van der Waals surface area contributed by atoms with E-state index in [4.69, 9.17) is 9.47 Å². The van der Waals surface area contributed by atoms with Crippen LogP contribution in [0.5, 0.6) is 0 Å². The van der Waals surface area contributed by atoms with Crippen LogP contribution in [0.4, 0.5) is 0 Å². The fraction of sp³-hybridized carbons (Fsp3) is 1.00. The Kier molecular flexibility index (Phi) is 6.28. The van der Waals surface area contributed by atoms with Gasteiger partial charge in [0.1, 0.15) is 0 Å². The molecule has 1 saturated heterocycles. The van der Waals surface area contributed by atoms with Gasteiger partial charge in [-0.3, -0.25) is 0 Å². The molecular formula is C12H25NO3. The minimum absolute atomic E-state index is 0.294. The third-order valence-electron chi connectivity index (χ3n) is 3.25. The van der Waals surface area contributed by atoms with E-state index in [9.17, 15) is 5.11 Å². The SMILES string of the molecule is COCC(NCC(O)C1CCOC1)C(C)C. The molecule has 0 aromatic carbocycles. The van der Waals surface area contributed by atoms with Crippen LogP contribution in [0.25, 0.3) is 0 Å². The quantitative estimate of drug-likeness (QED) is 0.675. The van der Waals surface area contributed by atoms with E-state index >= 15 is 0 Å². The van der Waals surface area contributed by atoms with Crippen molar-refractivity contribution < 1.29 is 14.6 Å². The first-order valence-electron chi connectivity index (χ1n) is 6.13. The predicted molar refractivity (Wildman–Crippen MR) is 63.4 cm³/mol. The lowest BCUT2D eigenvalue weighted by Gasteiger charge is -2.25. The van der Waals surface area contributed by atoms with Crippen LogP contribution in [-0.4, -0.2) is 50.7 Å². The zero-order chi connectivity index (χ0) is 12.0. The van der Waals surface area contributed by atoms with Crippen LogP contribution in [0.3, 0.4) is 0 Å². The van der Waals surface area contributed by atoms with Gasteiger partial charge in [0.05, 0.1) is 19.3 Å². The molecule has 1 aliphatic heterocycles. The Balaban J connectivity index is 2.24. The van der Waals surface area contributed by atoms with Crippen LogP contribution in [0.1, 0.15) is 20.3 Å². The molecule has 3 unspecified atom stereocenters. The second kappa shape index (κ2) is 7.22. The number of hydrogen-bond acceptors (Lipinski definition) is 4. The van der Waals surface area contributed by atoms with E-state index in [2.05, 4.69) is 19.2 Å². The summed E-state index contributed by atoms with van der Waals surface area (Å²) in [6, 6.07) is 0.307. The fourth-order valence-corrected chi connectivity index (χ4v) is 1.96. The van der Waals surface area contributed by atoms with E-state index in [-0.39, 0.29) is 6.10 Å². The third kappa shape index (κ3) is 4.37. The highest BCUT2D eigenvalue weighted by Gasteiger charge is 2.24. The molecule has 1 rings (SSSR count). The second-order valence-electron chi connectivity index (χ2n) is 4.91. The van der Waals surface area contributed by atoms with E-state index < -0.39 is 0 Å². The molecular weight excluding hydrogens is 206 g/mol. The summed E-state index contributed by atoms with van der Waals surface area (Å²) in [5.74, 6) is 0.801. The van der Waals surface area contributed by atoms with Gasteiger partial charge in [-0.15, -0.1) is 0 Å². The van der Waals surface area contributed by atoms with Gasteiger partial charge in [-0.1, -0.05) is 13.8 Å². The minimum atomic E-state index is -0.305. The first-order chi connectivity index (χ1) is 7.65. The number of aliphatic hydroxyl groups excluding tert-OH is 1. The topological polar surface area (TPSA) is 50.7 Å². The average Bonchev–Trinajstić information content (AvgIpc) is 2.76. The normalized spacial score (nSPS) is 24.9. The molecule has 0 aromatic heterocycles. The van der Waals surface area contributed by atoms with Crippen molar-refractivity contribution in [3.63, 3.8) is 0 Å². The molecule has 0 radical (unpaired) electrons. The van der Waals surface area contributed by atoms with E-state index in [0.29, 0.717) is 37.6 Å². The van der Waals surface area contributed by atoms with Crippen molar-refractivity contribution in [1.29, 1.82) is 0 Å². The Hall–Kier alpha value is -0.160. The number of rotatable bonds is 7. The van der Waals surface area contributed by atoms with Crippen molar-refractivity contribution in [2.45, 2.75) is 32.4 Å². The number of aliphatic hydroxyl groups is 1. The van der Waals surface area contributed by atoms with E-state index in [1.807, 2.05) is 0 Å². The van der Waals surface area contributed by atoms with E-state index in [0.717, 1.165) is 13.0 Å². The van der Waals surface area contributed by atoms with Crippen LogP contribution < -0.4 is 5.32 Å². The summed E-state index contributed by atoms with van der Waals surface area (Å²) in [6.07, 6.45) is 0.667. The lowest BCUT2D eigenvalue weighted by molar-refractivity contribution is 0.0783. The van der Waals surface area contributed by atoms with Gasteiger partial charge >= 0.3 is 0 Å². The number of methoxy groups -OCH3 is 1. The van der Waals surface area contributed by atoms with Crippen molar-refractivity contribution >= 4 is 0 Å². The van der Waals surface area contributed by atoms with Crippen LogP contribution >= 0.6 is 0 Å². The Labute approximate surface area is 98.3 Å².